The van der Waals surface area contributed by atoms with Crippen molar-refractivity contribution in [3.8, 4) is 0 Å². The van der Waals surface area contributed by atoms with E-state index in [1.807, 2.05) is 0 Å². The number of nitrogens with two attached hydrogens (primary N) is 1. The van der Waals surface area contributed by atoms with E-state index in [9.17, 15) is 4.39 Å². The standard InChI is InChI=1S/C7H6Cl2FNO/c8-5-1-4(3-12-11)2-6(9)7(5)10/h1-2H,3,11H2. The fourth-order valence-electron chi connectivity index (χ4n) is 0.788. The molecule has 0 radical (unpaired) electrons. The van der Waals surface area contributed by atoms with Gasteiger partial charge in [0, 0.05) is 0 Å². The summed E-state index contributed by atoms with van der Waals surface area (Å²) in [4.78, 5) is 4.34. The van der Waals surface area contributed by atoms with Gasteiger partial charge in [0.05, 0.1) is 16.7 Å². The summed E-state index contributed by atoms with van der Waals surface area (Å²) < 4.78 is 12.8. The normalized spacial score (nSPS) is 10.3. The lowest BCUT2D eigenvalue weighted by molar-refractivity contribution is 0.124. The Kier molecular flexibility index (Phi) is 3.29. The Labute approximate surface area is 79.0 Å². The monoisotopic (exact) mass is 209 g/mol. The molecule has 66 valence electrons. The van der Waals surface area contributed by atoms with Gasteiger partial charge in [0.1, 0.15) is 0 Å². The number of rotatable bonds is 2. The molecule has 1 rings (SSSR count). The van der Waals surface area contributed by atoms with Gasteiger partial charge in [-0.3, -0.25) is 4.84 Å². The summed E-state index contributed by atoms with van der Waals surface area (Å²) >= 11 is 11.0. The molecule has 0 aromatic heterocycles. The fraction of sp³-hybridized carbons (Fsp3) is 0.143. The van der Waals surface area contributed by atoms with Crippen molar-refractivity contribution in [1.29, 1.82) is 0 Å². The van der Waals surface area contributed by atoms with E-state index in [4.69, 9.17) is 29.1 Å². The first-order chi connectivity index (χ1) is 5.65. The van der Waals surface area contributed by atoms with Gasteiger partial charge in [0.15, 0.2) is 5.82 Å². The van der Waals surface area contributed by atoms with Crippen LogP contribution >= 0.6 is 23.2 Å². The van der Waals surface area contributed by atoms with Crippen LogP contribution in [0, 0.1) is 5.82 Å². The average molecular weight is 210 g/mol. The Bertz CT molecular complexity index is 270. The molecule has 0 heterocycles. The smallest absolute Gasteiger partial charge is 0.160 e. The zero-order valence-electron chi connectivity index (χ0n) is 5.98. The molecule has 0 atom stereocenters. The van der Waals surface area contributed by atoms with Crippen molar-refractivity contribution >= 4 is 23.2 Å². The Balaban J connectivity index is 3.04. The van der Waals surface area contributed by atoms with E-state index in [1.54, 1.807) is 0 Å². The van der Waals surface area contributed by atoms with Crippen LogP contribution in [0.25, 0.3) is 0 Å². The highest BCUT2D eigenvalue weighted by Gasteiger charge is 2.06. The van der Waals surface area contributed by atoms with Gasteiger partial charge in [-0.25, -0.2) is 10.3 Å². The molecule has 12 heavy (non-hydrogen) atoms. The van der Waals surface area contributed by atoms with Gasteiger partial charge in [-0.1, -0.05) is 23.2 Å². The maximum absolute atomic E-state index is 12.8. The molecule has 5 heteroatoms. The minimum Gasteiger partial charge on any atom is -0.300 e. The van der Waals surface area contributed by atoms with Gasteiger partial charge in [-0.05, 0) is 17.7 Å². The van der Waals surface area contributed by atoms with Crippen molar-refractivity contribution in [2.75, 3.05) is 0 Å². The van der Waals surface area contributed by atoms with Crippen molar-refractivity contribution < 1.29 is 9.23 Å². The number of hydrogen-bond acceptors (Lipinski definition) is 2. The Morgan fingerprint density at radius 3 is 2.25 bits per heavy atom. The second kappa shape index (κ2) is 4.05. The Hall–Kier alpha value is -0.350. The van der Waals surface area contributed by atoms with Crippen LogP contribution in [-0.2, 0) is 11.4 Å². The molecule has 0 aliphatic heterocycles. The van der Waals surface area contributed by atoms with Crippen molar-refractivity contribution in [2.24, 2.45) is 5.90 Å². The molecule has 0 unspecified atom stereocenters. The van der Waals surface area contributed by atoms with Crippen molar-refractivity contribution in [3.63, 3.8) is 0 Å². The van der Waals surface area contributed by atoms with E-state index >= 15 is 0 Å². The fourth-order valence-corrected chi connectivity index (χ4v) is 1.32. The molecule has 0 fully saturated rings. The number of halogens is 3. The molecular formula is C7H6Cl2FNO. The molecule has 0 saturated carbocycles. The van der Waals surface area contributed by atoms with Crippen LogP contribution in [0.3, 0.4) is 0 Å². The van der Waals surface area contributed by atoms with Crippen LogP contribution in [-0.4, -0.2) is 0 Å². The topological polar surface area (TPSA) is 35.2 Å². The van der Waals surface area contributed by atoms with Crippen molar-refractivity contribution in [2.45, 2.75) is 6.61 Å². The van der Waals surface area contributed by atoms with Crippen molar-refractivity contribution in [1.82, 2.24) is 0 Å². The lowest BCUT2D eigenvalue weighted by Crippen LogP contribution is -1.99. The van der Waals surface area contributed by atoms with Crippen LogP contribution in [0.5, 0.6) is 0 Å². The molecule has 0 spiro atoms. The number of hydrogen-bond donors (Lipinski definition) is 1. The molecule has 0 aliphatic carbocycles. The van der Waals surface area contributed by atoms with Crippen LogP contribution < -0.4 is 5.90 Å². The molecule has 1 aromatic rings. The van der Waals surface area contributed by atoms with E-state index in [1.165, 1.54) is 12.1 Å². The minimum absolute atomic E-state index is 0.0328. The Morgan fingerprint density at radius 2 is 1.83 bits per heavy atom. The van der Waals surface area contributed by atoms with E-state index in [0.29, 0.717) is 5.56 Å². The molecule has 0 bridgehead atoms. The summed E-state index contributed by atoms with van der Waals surface area (Å²) in [7, 11) is 0. The first kappa shape index (κ1) is 9.74. The lowest BCUT2D eigenvalue weighted by atomic mass is 10.2. The highest BCUT2D eigenvalue weighted by molar-refractivity contribution is 6.34. The minimum atomic E-state index is -0.626. The predicted molar refractivity (Wildman–Crippen MR) is 45.4 cm³/mol. The molecule has 0 amide bonds. The SMILES string of the molecule is NOCc1cc(Cl)c(F)c(Cl)c1. The molecule has 2 nitrogen and oxygen atoms in total. The highest BCUT2D eigenvalue weighted by Crippen LogP contribution is 2.24. The summed E-state index contributed by atoms with van der Waals surface area (Å²) in [5.41, 5.74) is 0.633. The molecule has 1 aromatic carbocycles. The summed E-state index contributed by atoms with van der Waals surface area (Å²) in [6.45, 7) is 0.153. The third kappa shape index (κ3) is 2.08. The van der Waals surface area contributed by atoms with Gasteiger partial charge < -0.3 is 0 Å². The molecular weight excluding hydrogens is 204 g/mol. The van der Waals surface area contributed by atoms with E-state index in [2.05, 4.69) is 4.84 Å². The zero-order valence-corrected chi connectivity index (χ0v) is 7.49. The van der Waals surface area contributed by atoms with Crippen LogP contribution in [0.1, 0.15) is 5.56 Å². The molecule has 0 aliphatic rings. The summed E-state index contributed by atoms with van der Waals surface area (Å²) in [5.74, 6) is 4.19. The quantitative estimate of drug-likeness (QED) is 0.601. The average Bonchev–Trinajstić information content (AvgIpc) is 2.01. The van der Waals surface area contributed by atoms with Gasteiger partial charge >= 0.3 is 0 Å². The van der Waals surface area contributed by atoms with Gasteiger partial charge in [0.2, 0.25) is 0 Å². The second-order valence-electron chi connectivity index (χ2n) is 2.18. The maximum Gasteiger partial charge on any atom is 0.160 e. The summed E-state index contributed by atoms with van der Waals surface area (Å²) in [6, 6.07) is 2.82. The van der Waals surface area contributed by atoms with Gasteiger partial charge in [-0.2, -0.15) is 0 Å². The van der Waals surface area contributed by atoms with E-state index in [0.717, 1.165) is 0 Å². The van der Waals surface area contributed by atoms with Crippen LogP contribution in [0.2, 0.25) is 10.0 Å². The molecule has 0 saturated heterocycles. The molecule has 2 N–H and O–H groups in total. The van der Waals surface area contributed by atoms with E-state index < -0.39 is 5.82 Å². The lowest BCUT2D eigenvalue weighted by Gasteiger charge is -2.02. The van der Waals surface area contributed by atoms with Crippen LogP contribution in [0.4, 0.5) is 4.39 Å². The highest BCUT2D eigenvalue weighted by atomic mass is 35.5. The largest absolute Gasteiger partial charge is 0.300 e. The maximum atomic E-state index is 12.8. The first-order valence-corrected chi connectivity index (χ1v) is 3.86. The van der Waals surface area contributed by atoms with Crippen LogP contribution in [0.15, 0.2) is 12.1 Å². The third-order valence-corrected chi connectivity index (χ3v) is 1.84. The zero-order chi connectivity index (χ0) is 9.14. The van der Waals surface area contributed by atoms with Crippen molar-refractivity contribution in [3.05, 3.63) is 33.6 Å². The first-order valence-electron chi connectivity index (χ1n) is 3.10. The Morgan fingerprint density at radius 1 is 1.33 bits per heavy atom. The summed E-state index contributed by atoms with van der Waals surface area (Å²) in [6.07, 6.45) is 0. The van der Waals surface area contributed by atoms with Gasteiger partial charge in [0.25, 0.3) is 0 Å². The van der Waals surface area contributed by atoms with Gasteiger partial charge in [-0.15, -0.1) is 0 Å². The second-order valence-corrected chi connectivity index (χ2v) is 3.00. The predicted octanol–water partition coefficient (Wildman–Crippen LogP) is 2.52. The number of benzene rings is 1. The van der Waals surface area contributed by atoms with E-state index in [-0.39, 0.29) is 16.7 Å². The third-order valence-electron chi connectivity index (χ3n) is 1.29. The summed E-state index contributed by atoms with van der Waals surface area (Å²) in [5, 5.41) is -0.0656.